The normalized spacial score (nSPS) is 12.5. The molecular weight excluding hydrogens is 340 g/mol. The Bertz CT molecular complexity index is 770. The Kier molecular flexibility index (Phi) is 5.60. The maximum atomic E-state index is 12.2. The van der Waals surface area contributed by atoms with E-state index in [0.29, 0.717) is 30.3 Å². The number of carbonyl (C=O) groups excluding carboxylic acids is 2. The molecule has 0 atom stereocenters. The quantitative estimate of drug-likeness (QED) is 0.449. The number of esters is 1. The Morgan fingerprint density at radius 1 is 1.04 bits per heavy atom. The Hall–Kier alpha value is -2.47. The second kappa shape index (κ2) is 8.07. The molecule has 6 heteroatoms. The lowest BCUT2D eigenvalue weighted by atomic mass is 10.1. The molecule has 1 aliphatic heterocycles. The predicted octanol–water partition coefficient (Wildman–Crippen LogP) is 3.28. The van der Waals surface area contributed by atoms with Crippen LogP contribution in [0.4, 0.5) is 0 Å². The molecule has 5 nitrogen and oxygen atoms in total. The van der Waals surface area contributed by atoms with Gasteiger partial charge in [0, 0.05) is 10.5 Å². The van der Waals surface area contributed by atoms with Crippen molar-refractivity contribution >= 4 is 23.5 Å². The summed E-state index contributed by atoms with van der Waals surface area (Å²) in [6.45, 7) is 2.67. The van der Waals surface area contributed by atoms with Crippen molar-refractivity contribution in [2.75, 3.05) is 25.6 Å². The third-order valence-corrected chi connectivity index (χ3v) is 4.59. The number of aryl methyl sites for hydroxylation is 1. The Morgan fingerprint density at radius 3 is 2.52 bits per heavy atom. The average molecular weight is 358 g/mol. The van der Waals surface area contributed by atoms with E-state index in [1.54, 1.807) is 18.2 Å². The maximum absolute atomic E-state index is 12.2. The summed E-state index contributed by atoms with van der Waals surface area (Å²) < 4.78 is 15.9. The lowest BCUT2D eigenvalue weighted by Crippen LogP contribution is -2.18. The molecular formula is C19H18O5S. The Labute approximate surface area is 150 Å². The summed E-state index contributed by atoms with van der Waals surface area (Å²) in [7, 11) is 0. The zero-order valence-electron chi connectivity index (χ0n) is 13.8. The van der Waals surface area contributed by atoms with E-state index in [4.69, 9.17) is 14.2 Å². The summed E-state index contributed by atoms with van der Waals surface area (Å²) in [5.74, 6) is 0.632. The number of carbonyl (C=O) groups is 2. The number of thioether (sulfide) groups is 1. The van der Waals surface area contributed by atoms with Gasteiger partial charge in [-0.25, -0.2) is 0 Å². The van der Waals surface area contributed by atoms with Crippen LogP contribution in [0, 0.1) is 6.92 Å². The molecule has 2 aromatic rings. The van der Waals surface area contributed by atoms with Crippen LogP contribution in [0.5, 0.6) is 11.5 Å². The third-order valence-electron chi connectivity index (χ3n) is 3.61. The highest BCUT2D eigenvalue weighted by Crippen LogP contribution is 2.30. The molecule has 0 N–H and O–H groups in total. The van der Waals surface area contributed by atoms with Crippen LogP contribution in [0.15, 0.2) is 47.4 Å². The van der Waals surface area contributed by atoms with Crippen molar-refractivity contribution in [1.29, 1.82) is 0 Å². The molecule has 0 radical (unpaired) electrons. The molecule has 0 spiro atoms. The predicted molar refractivity (Wildman–Crippen MR) is 94.6 cm³/mol. The van der Waals surface area contributed by atoms with Crippen LogP contribution in [0.3, 0.4) is 0 Å². The number of hydrogen-bond acceptors (Lipinski definition) is 6. The van der Waals surface area contributed by atoms with Gasteiger partial charge in [0.2, 0.25) is 0 Å². The summed E-state index contributed by atoms with van der Waals surface area (Å²) in [6.07, 6.45) is 0. The Morgan fingerprint density at radius 2 is 1.76 bits per heavy atom. The topological polar surface area (TPSA) is 61.8 Å². The fraction of sp³-hybridized carbons (Fsp3) is 0.263. The molecule has 0 bridgehead atoms. The lowest BCUT2D eigenvalue weighted by molar-refractivity contribution is -0.139. The summed E-state index contributed by atoms with van der Waals surface area (Å²) in [5, 5.41) is 0. The van der Waals surface area contributed by atoms with Crippen LogP contribution in [-0.4, -0.2) is 37.3 Å². The minimum Gasteiger partial charge on any atom is -0.486 e. The SMILES string of the molecule is Cc1ccc(SCC(=O)OCC(=O)c2ccc3c(c2)OCCO3)cc1. The zero-order valence-corrected chi connectivity index (χ0v) is 14.6. The van der Waals surface area contributed by atoms with Gasteiger partial charge >= 0.3 is 5.97 Å². The first-order valence-corrected chi connectivity index (χ1v) is 8.88. The summed E-state index contributed by atoms with van der Waals surface area (Å²) >= 11 is 1.38. The first kappa shape index (κ1) is 17.4. The molecule has 0 unspecified atom stereocenters. The van der Waals surface area contributed by atoms with Gasteiger partial charge in [0.1, 0.15) is 13.2 Å². The van der Waals surface area contributed by atoms with Gasteiger partial charge in [0.25, 0.3) is 0 Å². The summed E-state index contributed by atoms with van der Waals surface area (Å²) in [4.78, 5) is 25.0. The number of Topliss-reactive ketones (excluding diaryl/α,β-unsaturated/α-hetero) is 1. The van der Waals surface area contributed by atoms with Crippen LogP contribution >= 0.6 is 11.8 Å². The zero-order chi connectivity index (χ0) is 17.6. The minimum atomic E-state index is -0.420. The van der Waals surface area contributed by atoms with Crippen LogP contribution in [0.25, 0.3) is 0 Å². The van der Waals surface area contributed by atoms with Gasteiger partial charge < -0.3 is 14.2 Å². The lowest BCUT2D eigenvalue weighted by Gasteiger charge is -2.18. The van der Waals surface area contributed by atoms with Gasteiger partial charge in [0.15, 0.2) is 23.9 Å². The molecule has 1 heterocycles. The third kappa shape index (κ3) is 4.76. The highest BCUT2D eigenvalue weighted by molar-refractivity contribution is 8.00. The average Bonchev–Trinajstić information content (AvgIpc) is 2.65. The van der Waals surface area contributed by atoms with E-state index in [9.17, 15) is 9.59 Å². The van der Waals surface area contributed by atoms with Crippen LogP contribution in [0.2, 0.25) is 0 Å². The molecule has 0 aliphatic carbocycles. The standard InChI is InChI=1S/C19H18O5S/c1-13-2-5-15(6-3-13)25-12-19(21)24-11-16(20)14-4-7-17-18(10-14)23-9-8-22-17/h2-7,10H,8-9,11-12H2,1H3. The highest BCUT2D eigenvalue weighted by Gasteiger charge is 2.16. The van der Waals surface area contributed by atoms with E-state index in [1.165, 1.54) is 11.8 Å². The summed E-state index contributed by atoms with van der Waals surface area (Å²) in [6, 6.07) is 12.8. The molecule has 1 aliphatic rings. The Balaban J connectivity index is 1.48. The van der Waals surface area contributed by atoms with Gasteiger partial charge in [0.05, 0.1) is 5.75 Å². The van der Waals surface area contributed by atoms with Gasteiger partial charge in [-0.05, 0) is 37.3 Å². The minimum absolute atomic E-state index is 0.164. The first-order chi connectivity index (χ1) is 12.1. The van der Waals surface area contributed by atoms with E-state index in [1.807, 2.05) is 31.2 Å². The number of ether oxygens (including phenoxy) is 3. The molecule has 3 rings (SSSR count). The van der Waals surface area contributed by atoms with Crippen molar-refractivity contribution in [3.63, 3.8) is 0 Å². The van der Waals surface area contributed by atoms with Crippen molar-refractivity contribution in [3.05, 3.63) is 53.6 Å². The smallest absolute Gasteiger partial charge is 0.316 e. The largest absolute Gasteiger partial charge is 0.486 e. The second-order valence-electron chi connectivity index (χ2n) is 5.54. The van der Waals surface area contributed by atoms with Crippen LogP contribution < -0.4 is 9.47 Å². The number of rotatable bonds is 6. The van der Waals surface area contributed by atoms with E-state index < -0.39 is 5.97 Å². The van der Waals surface area contributed by atoms with E-state index in [0.717, 1.165) is 10.5 Å². The molecule has 0 amide bonds. The van der Waals surface area contributed by atoms with E-state index >= 15 is 0 Å². The van der Waals surface area contributed by atoms with Crippen molar-refractivity contribution in [3.8, 4) is 11.5 Å². The second-order valence-corrected chi connectivity index (χ2v) is 6.59. The van der Waals surface area contributed by atoms with Gasteiger partial charge in [-0.15, -0.1) is 11.8 Å². The first-order valence-electron chi connectivity index (χ1n) is 7.90. The molecule has 0 saturated heterocycles. The van der Waals surface area contributed by atoms with E-state index in [2.05, 4.69) is 0 Å². The summed E-state index contributed by atoms with van der Waals surface area (Å²) in [5.41, 5.74) is 1.60. The number of hydrogen-bond donors (Lipinski definition) is 0. The van der Waals surface area contributed by atoms with Crippen molar-refractivity contribution in [2.45, 2.75) is 11.8 Å². The van der Waals surface area contributed by atoms with Crippen molar-refractivity contribution < 1.29 is 23.8 Å². The number of fused-ring (bicyclic) bond motifs is 1. The van der Waals surface area contributed by atoms with Gasteiger partial charge in [-0.2, -0.15) is 0 Å². The molecule has 0 aromatic heterocycles. The number of ketones is 1. The molecule has 25 heavy (non-hydrogen) atoms. The molecule has 0 fully saturated rings. The van der Waals surface area contributed by atoms with Gasteiger partial charge in [-0.3, -0.25) is 9.59 Å². The molecule has 2 aromatic carbocycles. The van der Waals surface area contributed by atoms with Gasteiger partial charge in [-0.1, -0.05) is 17.7 Å². The van der Waals surface area contributed by atoms with Crippen LogP contribution in [0.1, 0.15) is 15.9 Å². The van der Waals surface area contributed by atoms with Crippen molar-refractivity contribution in [1.82, 2.24) is 0 Å². The molecule has 130 valence electrons. The molecule has 0 saturated carbocycles. The fourth-order valence-electron chi connectivity index (χ4n) is 2.26. The van der Waals surface area contributed by atoms with Crippen LogP contribution in [-0.2, 0) is 9.53 Å². The monoisotopic (exact) mass is 358 g/mol. The van der Waals surface area contributed by atoms with E-state index in [-0.39, 0.29) is 18.1 Å². The highest BCUT2D eigenvalue weighted by atomic mass is 32.2. The maximum Gasteiger partial charge on any atom is 0.316 e. The van der Waals surface area contributed by atoms with Crippen molar-refractivity contribution in [2.24, 2.45) is 0 Å². The fourth-order valence-corrected chi connectivity index (χ4v) is 2.96. The number of benzene rings is 2.